The van der Waals surface area contributed by atoms with E-state index in [1.807, 2.05) is 54.6 Å². The summed E-state index contributed by atoms with van der Waals surface area (Å²) in [5.41, 5.74) is 2.37. The van der Waals surface area contributed by atoms with Gasteiger partial charge in [-0.05, 0) is 43.9 Å². The second kappa shape index (κ2) is 23.3. The van der Waals surface area contributed by atoms with E-state index in [1.165, 1.54) is 0 Å². The number of hydrogen-bond acceptors (Lipinski definition) is 9. The molecule has 0 spiro atoms. The van der Waals surface area contributed by atoms with Gasteiger partial charge in [0.1, 0.15) is 11.6 Å². The summed E-state index contributed by atoms with van der Waals surface area (Å²) in [7, 11) is 0. The van der Waals surface area contributed by atoms with E-state index in [9.17, 15) is 19.2 Å². The van der Waals surface area contributed by atoms with E-state index in [4.69, 9.17) is 24.1 Å². The van der Waals surface area contributed by atoms with E-state index in [0.717, 1.165) is 16.7 Å². The van der Waals surface area contributed by atoms with Crippen molar-refractivity contribution < 1.29 is 43.2 Å². The van der Waals surface area contributed by atoms with Gasteiger partial charge in [0, 0.05) is 31.7 Å². The average molecular weight is 752 g/mol. The zero-order valence-corrected chi connectivity index (χ0v) is 31.7. The van der Waals surface area contributed by atoms with Crippen LogP contribution >= 0.6 is 11.8 Å². The van der Waals surface area contributed by atoms with E-state index < -0.39 is 28.5 Å². The van der Waals surface area contributed by atoms with Crippen molar-refractivity contribution in [2.24, 2.45) is 0 Å². The predicted octanol–water partition coefficient (Wildman–Crippen LogP) is 5.14. The molecule has 12 nitrogen and oxygen atoms in total. The molecule has 3 rings (SSSR count). The maximum Gasteiger partial charge on any atom is 0.408 e. The lowest BCUT2D eigenvalue weighted by Crippen LogP contribution is -2.50. The predicted molar refractivity (Wildman–Crippen MR) is 205 cm³/mol. The highest BCUT2D eigenvalue weighted by Crippen LogP contribution is 2.48. The molecular weight excluding hydrogens is 699 g/mol. The van der Waals surface area contributed by atoms with Crippen LogP contribution in [0.2, 0.25) is 0 Å². The molecule has 3 aromatic carbocycles. The van der Waals surface area contributed by atoms with Crippen LogP contribution in [0.4, 0.5) is 4.79 Å². The summed E-state index contributed by atoms with van der Waals surface area (Å²) in [5, 5.41) is 17.0. The molecule has 0 aliphatic carbocycles. The third-order valence-electron chi connectivity index (χ3n) is 7.67. The normalized spacial score (nSPS) is 12.1. The van der Waals surface area contributed by atoms with E-state index in [-0.39, 0.29) is 43.6 Å². The highest BCUT2D eigenvalue weighted by atomic mass is 32.2. The SMILES string of the molecule is CC(C)(C)OC(=O)N[C@@H](CSC(c1ccccc1)(c1ccccc1)c1ccccc1)C(=O)NCCOCCOCCOCCNC(=O)CCCC(=O)O. The third kappa shape index (κ3) is 16.0. The number of hydrogen-bond donors (Lipinski definition) is 4. The van der Waals surface area contributed by atoms with Gasteiger partial charge in [-0.3, -0.25) is 14.4 Å². The minimum atomic E-state index is -0.920. The Balaban J connectivity index is 1.51. The lowest BCUT2D eigenvalue weighted by atomic mass is 9.84. The number of carbonyl (C=O) groups is 4. The van der Waals surface area contributed by atoms with Gasteiger partial charge in [-0.15, -0.1) is 11.8 Å². The highest BCUT2D eigenvalue weighted by Gasteiger charge is 2.38. The van der Waals surface area contributed by atoms with Gasteiger partial charge in [-0.25, -0.2) is 4.79 Å². The number of thioether (sulfide) groups is 1. The second-order valence-electron chi connectivity index (χ2n) is 13.0. The number of carboxylic acid groups (broad SMARTS) is 1. The zero-order valence-electron chi connectivity index (χ0n) is 30.8. The van der Waals surface area contributed by atoms with Gasteiger partial charge >= 0.3 is 12.1 Å². The first kappa shape index (κ1) is 43.0. The van der Waals surface area contributed by atoms with Gasteiger partial charge in [-0.2, -0.15) is 0 Å². The quantitative estimate of drug-likeness (QED) is 0.0713. The highest BCUT2D eigenvalue weighted by molar-refractivity contribution is 8.00. The summed E-state index contributed by atoms with van der Waals surface area (Å²) in [4.78, 5) is 48.7. The first-order valence-corrected chi connectivity index (χ1v) is 18.8. The van der Waals surface area contributed by atoms with Crippen molar-refractivity contribution in [2.45, 2.75) is 56.4 Å². The summed E-state index contributed by atoms with van der Waals surface area (Å²) >= 11 is 1.56. The molecule has 0 aromatic heterocycles. The van der Waals surface area contributed by atoms with Gasteiger partial charge in [0.2, 0.25) is 11.8 Å². The number of carboxylic acids is 1. The Bertz CT molecular complexity index is 1430. The Kier molecular flexibility index (Phi) is 18.9. The van der Waals surface area contributed by atoms with Crippen LogP contribution in [0.15, 0.2) is 91.0 Å². The van der Waals surface area contributed by atoms with Crippen LogP contribution < -0.4 is 16.0 Å². The smallest absolute Gasteiger partial charge is 0.408 e. The molecular formula is C40H53N3O9S. The number of benzene rings is 3. The average Bonchev–Trinajstić information content (AvgIpc) is 3.13. The first-order chi connectivity index (χ1) is 25.5. The molecule has 0 fully saturated rings. The molecule has 0 unspecified atom stereocenters. The maximum atomic E-state index is 13.6. The fourth-order valence-corrected chi connectivity index (χ4v) is 6.83. The van der Waals surface area contributed by atoms with Gasteiger partial charge in [0.05, 0.1) is 44.4 Å². The molecule has 53 heavy (non-hydrogen) atoms. The van der Waals surface area contributed by atoms with Crippen molar-refractivity contribution in [3.8, 4) is 0 Å². The molecule has 0 aliphatic rings. The van der Waals surface area contributed by atoms with E-state index >= 15 is 0 Å². The van der Waals surface area contributed by atoms with Crippen LogP contribution in [-0.4, -0.2) is 99.1 Å². The van der Waals surface area contributed by atoms with E-state index in [2.05, 4.69) is 52.3 Å². The fourth-order valence-electron chi connectivity index (χ4n) is 5.27. The number of carbonyl (C=O) groups excluding carboxylic acids is 3. The maximum absolute atomic E-state index is 13.6. The fraction of sp³-hybridized carbons (Fsp3) is 0.450. The number of rotatable bonds is 24. The van der Waals surface area contributed by atoms with Gasteiger partial charge in [0.15, 0.2) is 0 Å². The molecule has 3 aromatic rings. The van der Waals surface area contributed by atoms with E-state index in [0.29, 0.717) is 46.0 Å². The topological polar surface area (TPSA) is 162 Å². The van der Waals surface area contributed by atoms with Crippen molar-refractivity contribution in [1.82, 2.24) is 16.0 Å². The summed E-state index contributed by atoms with van der Waals surface area (Å²) in [6.07, 6.45) is -0.248. The third-order valence-corrected chi connectivity index (χ3v) is 9.31. The summed E-state index contributed by atoms with van der Waals surface area (Å²) in [5.74, 6) is -1.25. The number of alkyl carbamates (subject to hydrolysis) is 1. The molecule has 0 bridgehead atoms. The lowest BCUT2D eigenvalue weighted by molar-refractivity contribution is -0.137. The van der Waals surface area contributed by atoms with Crippen LogP contribution in [0.5, 0.6) is 0 Å². The number of amides is 3. The first-order valence-electron chi connectivity index (χ1n) is 17.8. The lowest BCUT2D eigenvalue weighted by Gasteiger charge is -2.36. The number of nitrogens with one attached hydrogen (secondary N) is 3. The molecule has 0 aliphatic heterocycles. The Labute approximate surface area is 316 Å². The minimum Gasteiger partial charge on any atom is -0.481 e. The summed E-state index contributed by atoms with van der Waals surface area (Å²) in [6.45, 7) is 7.77. The van der Waals surface area contributed by atoms with Crippen LogP contribution in [0.25, 0.3) is 0 Å². The molecule has 4 N–H and O–H groups in total. The van der Waals surface area contributed by atoms with Crippen LogP contribution in [-0.2, 0) is 38.1 Å². The van der Waals surface area contributed by atoms with Crippen molar-refractivity contribution in [3.63, 3.8) is 0 Å². The molecule has 1 atom stereocenters. The molecule has 3 amide bonds. The second-order valence-corrected chi connectivity index (χ2v) is 14.2. The summed E-state index contributed by atoms with van der Waals surface area (Å²) < 4.78 is 21.4. The monoisotopic (exact) mass is 751 g/mol. The Morgan fingerprint density at radius 3 is 1.57 bits per heavy atom. The minimum absolute atomic E-state index is 0.0338. The zero-order chi connectivity index (χ0) is 38.4. The molecule has 13 heteroatoms. The van der Waals surface area contributed by atoms with Crippen molar-refractivity contribution in [2.75, 3.05) is 58.5 Å². The van der Waals surface area contributed by atoms with Crippen LogP contribution in [0, 0.1) is 0 Å². The standard InChI is InChI=1S/C40H53N3O9S/c1-39(2,3)52-38(48)43-34(37(47)42-23-25-50-27-29-51-28-26-49-24-22-41-35(44)20-13-21-36(45)46)30-53-40(31-14-7-4-8-15-31,32-16-9-5-10-17-32)33-18-11-6-12-19-33/h4-12,14-19,34H,13,20-30H2,1-3H3,(H,41,44)(H,42,47)(H,43,48)(H,45,46)/t34-/m0/s1. The Hall–Kier alpha value is -4.43. The summed E-state index contributed by atoms with van der Waals surface area (Å²) in [6, 6.07) is 29.5. The Morgan fingerprint density at radius 1 is 0.660 bits per heavy atom. The van der Waals surface area contributed by atoms with Crippen molar-refractivity contribution in [3.05, 3.63) is 108 Å². The number of aliphatic carboxylic acids is 1. The van der Waals surface area contributed by atoms with Gasteiger partial charge in [-0.1, -0.05) is 91.0 Å². The number of ether oxygens (including phenoxy) is 4. The Morgan fingerprint density at radius 2 is 1.11 bits per heavy atom. The van der Waals surface area contributed by atoms with E-state index in [1.54, 1.807) is 32.5 Å². The molecule has 288 valence electrons. The molecule has 0 radical (unpaired) electrons. The van der Waals surface area contributed by atoms with Crippen LogP contribution in [0.1, 0.15) is 56.7 Å². The molecule has 0 saturated carbocycles. The van der Waals surface area contributed by atoms with Crippen molar-refractivity contribution in [1.29, 1.82) is 0 Å². The van der Waals surface area contributed by atoms with Gasteiger partial charge < -0.3 is 40.0 Å². The molecule has 0 heterocycles. The van der Waals surface area contributed by atoms with Crippen LogP contribution in [0.3, 0.4) is 0 Å². The largest absolute Gasteiger partial charge is 0.481 e. The molecule has 0 saturated heterocycles. The van der Waals surface area contributed by atoms with Gasteiger partial charge in [0.25, 0.3) is 0 Å². The van der Waals surface area contributed by atoms with Crippen molar-refractivity contribution >= 4 is 35.6 Å².